The van der Waals surface area contributed by atoms with Crippen LogP contribution in [-0.2, 0) is 0 Å². The summed E-state index contributed by atoms with van der Waals surface area (Å²) in [4.78, 5) is 0. The van der Waals surface area contributed by atoms with Crippen LogP contribution >= 0.6 is 0 Å². The third kappa shape index (κ3) is 3.53. The molecule has 0 heterocycles. The van der Waals surface area contributed by atoms with Crippen LogP contribution in [0.2, 0.25) is 0 Å². The monoisotopic (exact) mass is 235 g/mol. The number of nitrogens with two attached hydrogens (primary N) is 1. The highest BCUT2D eigenvalue weighted by atomic mass is 19.1. The number of rotatable bonds is 3. The molecule has 0 aliphatic heterocycles. The first-order valence-corrected chi connectivity index (χ1v) is 6.77. The molecule has 1 aliphatic rings. The van der Waals surface area contributed by atoms with Gasteiger partial charge in [-0.25, -0.2) is 4.39 Å². The van der Waals surface area contributed by atoms with Gasteiger partial charge in [-0.1, -0.05) is 56.7 Å². The van der Waals surface area contributed by atoms with Crippen molar-refractivity contribution in [2.24, 2.45) is 11.7 Å². The molecule has 1 saturated carbocycles. The van der Waals surface area contributed by atoms with Crippen LogP contribution in [0.4, 0.5) is 4.39 Å². The van der Waals surface area contributed by atoms with Crippen LogP contribution < -0.4 is 5.73 Å². The highest BCUT2D eigenvalue weighted by Gasteiger charge is 2.18. The molecule has 0 bridgehead atoms. The van der Waals surface area contributed by atoms with Gasteiger partial charge in [0, 0.05) is 11.6 Å². The maximum Gasteiger partial charge on any atom is 0.127 e. The molecule has 0 amide bonds. The maximum atomic E-state index is 13.6. The smallest absolute Gasteiger partial charge is 0.127 e. The Balaban J connectivity index is 1.96. The molecule has 2 rings (SSSR count). The van der Waals surface area contributed by atoms with Gasteiger partial charge in [-0.05, 0) is 18.4 Å². The van der Waals surface area contributed by atoms with Gasteiger partial charge in [0.25, 0.3) is 0 Å². The third-order valence-corrected chi connectivity index (χ3v) is 3.87. The summed E-state index contributed by atoms with van der Waals surface area (Å²) in [6.45, 7) is 0. The summed E-state index contributed by atoms with van der Waals surface area (Å²) in [7, 11) is 0. The molecule has 1 nitrogen and oxygen atoms in total. The molecule has 94 valence electrons. The second-order valence-corrected chi connectivity index (χ2v) is 5.22. The zero-order valence-electron chi connectivity index (χ0n) is 10.4. The highest BCUT2D eigenvalue weighted by molar-refractivity contribution is 5.20. The molecule has 0 radical (unpaired) electrons. The first kappa shape index (κ1) is 12.6. The topological polar surface area (TPSA) is 26.0 Å². The normalized spacial score (nSPS) is 19.9. The zero-order valence-corrected chi connectivity index (χ0v) is 10.4. The van der Waals surface area contributed by atoms with Crippen molar-refractivity contribution in [2.45, 2.75) is 51.0 Å². The highest BCUT2D eigenvalue weighted by Crippen LogP contribution is 2.30. The van der Waals surface area contributed by atoms with Crippen molar-refractivity contribution in [3.8, 4) is 0 Å². The second-order valence-electron chi connectivity index (χ2n) is 5.22. The van der Waals surface area contributed by atoms with Crippen molar-refractivity contribution in [2.75, 3.05) is 0 Å². The lowest BCUT2D eigenvalue weighted by Crippen LogP contribution is -2.16. The van der Waals surface area contributed by atoms with Gasteiger partial charge in [0.05, 0.1) is 0 Å². The van der Waals surface area contributed by atoms with Crippen molar-refractivity contribution in [3.63, 3.8) is 0 Å². The molecule has 1 aromatic carbocycles. The summed E-state index contributed by atoms with van der Waals surface area (Å²) >= 11 is 0. The second kappa shape index (κ2) is 6.15. The Hall–Kier alpha value is -0.890. The van der Waals surface area contributed by atoms with Gasteiger partial charge in [-0.15, -0.1) is 0 Å². The van der Waals surface area contributed by atoms with E-state index in [0.29, 0.717) is 11.5 Å². The molecule has 0 aromatic heterocycles. The van der Waals surface area contributed by atoms with Crippen molar-refractivity contribution in [3.05, 3.63) is 35.6 Å². The Morgan fingerprint density at radius 3 is 2.41 bits per heavy atom. The lowest BCUT2D eigenvalue weighted by Gasteiger charge is -2.19. The van der Waals surface area contributed by atoms with Gasteiger partial charge in [0.1, 0.15) is 5.82 Å². The van der Waals surface area contributed by atoms with E-state index in [1.54, 1.807) is 6.07 Å². The van der Waals surface area contributed by atoms with Crippen molar-refractivity contribution in [1.29, 1.82) is 0 Å². The molecule has 1 aliphatic carbocycles. The number of hydrogen-bond acceptors (Lipinski definition) is 1. The molecule has 17 heavy (non-hydrogen) atoms. The quantitative estimate of drug-likeness (QED) is 0.781. The largest absolute Gasteiger partial charge is 0.324 e. The maximum absolute atomic E-state index is 13.6. The standard InChI is InChI=1S/C15H22FN/c16-14-10-6-5-9-13(14)15(17)11-12-7-3-1-2-4-8-12/h5-6,9-10,12,15H,1-4,7-8,11,17H2. The minimum atomic E-state index is -0.159. The van der Waals surface area contributed by atoms with Gasteiger partial charge in [0.15, 0.2) is 0 Å². The van der Waals surface area contributed by atoms with Crippen molar-refractivity contribution < 1.29 is 4.39 Å². The molecule has 1 atom stereocenters. The Bertz CT molecular complexity index is 343. The van der Waals surface area contributed by atoms with Crippen LogP contribution in [0.15, 0.2) is 24.3 Å². The third-order valence-electron chi connectivity index (χ3n) is 3.87. The van der Waals surface area contributed by atoms with Gasteiger partial charge in [-0.3, -0.25) is 0 Å². The lowest BCUT2D eigenvalue weighted by molar-refractivity contribution is 0.387. The van der Waals surface area contributed by atoms with Crippen LogP contribution in [0.25, 0.3) is 0 Å². The summed E-state index contributed by atoms with van der Waals surface area (Å²) in [5.41, 5.74) is 6.82. The fourth-order valence-electron chi connectivity index (χ4n) is 2.86. The van der Waals surface area contributed by atoms with E-state index in [0.717, 1.165) is 6.42 Å². The predicted octanol–water partition coefficient (Wildman–Crippen LogP) is 4.19. The van der Waals surface area contributed by atoms with E-state index in [2.05, 4.69) is 0 Å². The first-order valence-electron chi connectivity index (χ1n) is 6.77. The van der Waals surface area contributed by atoms with Crippen LogP contribution in [0.1, 0.15) is 56.6 Å². The summed E-state index contributed by atoms with van der Waals surface area (Å²) < 4.78 is 13.6. The predicted molar refractivity (Wildman–Crippen MR) is 69.1 cm³/mol. The minimum Gasteiger partial charge on any atom is -0.324 e. The summed E-state index contributed by atoms with van der Waals surface area (Å²) in [6.07, 6.45) is 8.80. The molecular formula is C15H22FN. The molecule has 1 fully saturated rings. The molecule has 1 aromatic rings. The molecule has 2 N–H and O–H groups in total. The van der Waals surface area contributed by atoms with Gasteiger partial charge < -0.3 is 5.73 Å². The van der Waals surface area contributed by atoms with Crippen LogP contribution in [0, 0.1) is 11.7 Å². The fourth-order valence-corrected chi connectivity index (χ4v) is 2.86. The Labute approximate surface area is 103 Å². The summed E-state index contributed by atoms with van der Waals surface area (Å²) in [5.74, 6) is 0.528. The molecule has 0 spiro atoms. The Kier molecular flexibility index (Phi) is 4.55. The van der Waals surface area contributed by atoms with Crippen LogP contribution in [0.3, 0.4) is 0 Å². The molecule has 0 saturated heterocycles. The van der Waals surface area contributed by atoms with E-state index in [1.807, 2.05) is 12.1 Å². The number of halogens is 1. The van der Waals surface area contributed by atoms with Crippen LogP contribution in [-0.4, -0.2) is 0 Å². The SMILES string of the molecule is NC(CC1CCCCCC1)c1ccccc1F. The molecule has 2 heteroatoms. The molecular weight excluding hydrogens is 213 g/mol. The van der Waals surface area contributed by atoms with E-state index < -0.39 is 0 Å². The van der Waals surface area contributed by atoms with E-state index in [9.17, 15) is 4.39 Å². The first-order chi connectivity index (χ1) is 8.27. The average Bonchev–Trinajstić information content (AvgIpc) is 2.58. The van der Waals surface area contributed by atoms with E-state index in [4.69, 9.17) is 5.73 Å². The summed E-state index contributed by atoms with van der Waals surface area (Å²) in [6, 6.07) is 6.76. The fraction of sp³-hybridized carbons (Fsp3) is 0.600. The zero-order chi connectivity index (χ0) is 12.1. The number of benzene rings is 1. The average molecular weight is 235 g/mol. The minimum absolute atomic E-state index is 0.140. The Morgan fingerprint density at radius 1 is 1.12 bits per heavy atom. The van der Waals surface area contributed by atoms with E-state index in [1.165, 1.54) is 44.6 Å². The van der Waals surface area contributed by atoms with Crippen molar-refractivity contribution in [1.82, 2.24) is 0 Å². The van der Waals surface area contributed by atoms with Gasteiger partial charge >= 0.3 is 0 Å². The summed E-state index contributed by atoms with van der Waals surface area (Å²) in [5, 5.41) is 0. The van der Waals surface area contributed by atoms with Crippen molar-refractivity contribution >= 4 is 0 Å². The van der Waals surface area contributed by atoms with Crippen LogP contribution in [0.5, 0.6) is 0 Å². The van der Waals surface area contributed by atoms with E-state index >= 15 is 0 Å². The molecule has 1 unspecified atom stereocenters. The number of hydrogen-bond donors (Lipinski definition) is 1. The lowest BCUT2D eigenvalue weighted by atomic mass is 9.90. The van der Waals surface area contributed by atoms with Gasteiger partial charge in [0.2, 0.25) is 0 Å². The van der Waals surface area contributed by atoms with E-state index in [-0.39, 0.29) is 11.9 Å². The Morgan fingerprint density at radius 2 is 1.76 bits per heavy atom. The van der Waals surface area contributed by atoms with Gasteiger partial charge in [-0.2, -0.15) is 0 Å².